The zero-order valence-corrected chi connectivity index (χ0v) is 14.3. The van der Waals surface area contributed by atoms with Gasteiger partial charge in [0.25, 0.3) is 5.89 Å². The van der Waals surface area contributed by atoms with Crippen LogP contribution in [-0.2, 0) is 12.7 Å². The number of anilines is 1. The second-order valence-electron chi connectivity index (χ2n) is 5.80. The van der Waals surface area contributed by atoms with Crippen LogP contribution >= 0.6 is 0 Å². The third kappa shape index (κ3) is 4.87. The molecule has 0 aliphatic rings. The molecule has 29 heavy (non-hydrogen) atoms. The smallest absolute Gasteiger partial charge is 0.407 e. The third-order valence-electron chi connectivity index (χ3n) is 3.70. The first-order valence-corrected chi connectivity index (χ1v) is 7.82. The molecule has 0 radical (unpaired) electrons. The maximum absolute atomic E-state index is 13.2. The summed E-state index contributed by atoms with van der Waals surface area (Å²) in [7, 11) is 0. The summed E-state index contributed by atoms with van der Waals surface area (Å²) in [5, 5.41) is 7.32. The number of rotatable bonds is 5. The van der Waals surface area contributed by atoms with Gasteiger partial charge in [-0.2, -0.15) is 26.3 Å². The zero-order valence-electron chi connectivity index (χ0n) is 14.3. The lowest BCUT2D eigenvalue weighted by Gasteiger charge is -2.25. The Morgan fingerprint density at radius 3 is 2.41 bits per heavy atom. The van der Waals surface area contributed by atoms with E-state index < -0.39 is 42.4 Å². The lowest BCUT2D eigenvalue weighted by molar-refractivity contribution is -0.136. The van der Waals surface area contributed by atoms with Gasteiger partial charge in [-0.1, -0.05) is 6.07 Å². The van der Waals surface area contributed by atoms with Crippen molar-refractivity contribution in [2.45, 2.75) is 18.9 Å². The molecule has 0 spiro atoms. The summed E-state index contributed by atoms with van der Waals surface area (Å²) in [6.45, 7) is 4.66. The standard InChI is InChI=1S/C17H10F6N4O2/c1-24-13-3-2-11(6-12(13)17(21,22)23)27(9-16(18,19)20)7-14-25-26-15(29-14)10-4-5-28-8-10/h2-6,8H,7,9H2. The lowest BCUT2D eigenvalue weighted by Crippen LogP contribution is -2.34. The molecule has 1 aromatic carbocycles. The molecular formula is C17H10F6N4O2. The number of hydrogen-bond donors (Lipinski definition) is 0. The molecule has 12 heteroatoms. The number of nitrogens with zero attached hydrogens (tertiary/aromatic N) is 4. The fourth-order valence-electron chi connectivity index (χ4n) is 2.48. The quantitative estimate of drug-likeness (QED) is 0.408. The molecular weight excluding hydrogens is 406 g/mol. The van der Waals surface area contributed by atoms with Crippen LogP contribution in [0.2, 0.25) is 0 Å². The van der Waals surface area contributed by atoms with E-state index in [-0.39, 0.29) is 11.8 Å². The second-order valence-corrected chi connectivity index (χ2v) is 5.80. The van der Waals surface area contributed by atoms with E-state index in [4.69, 9.17) is 15.4 Å². The average molecular weight is 416 g/mol. The van der Waals surface area contributed by atoms with Crippen LogP contribution in [0.3, 0.4) is 0 Å². The predicted octanol–water partition coefficient (Wildman–Crippen LogP) is 5.47. The highest BCUT2D eigenvalue weighted by atomic mass is 19.4. The largest absolute Gasteiger partial charge is 0.472 e. The maximum atomic E-state index is 13.2. The lowest BCUT2D eigenvalue weighted by atomic mass is 10.1. The van der Waals surface area contributed by atoms with Crippen LogP contribution in [0.25, 0.3) is 16.3 Å². The molecule has 0 atom stereocenters. The molecule has 0 fully saturated rings. The molecule has 0 bridgehead atoms. The Morgan fingerprint density at radius 2 is 1.83 bits per heavy atom. The van der Waals surface area contributed by atoms with Gasteiger partial charge in [-0.3, -0.25) is 0 Å². The summed E-state index contributed by atoms with van der Waals surface area (Å²) in [6.07, 6.45) is -7.01. The van der Waals surface area contributed by atoms with Crippen LogP contribution in [0.15, 0.2) is 45.6 Å². The van der Waals surface area contributed by atoms with Crippen molar-refractivity contribution in [1.29, 1.82) is 0 Å². The van der Waals surface area contributed by atoms with Crippen LogP contribution in [-0.4, -0.2) is 22.9 Å². The Labute approximate surface area is 159 Å². The Hall–Kier alpha value is -3.49. The van der Waals surface area contributed by atoms with Gasteiger partial charge in [0.15, 0.2) is 5.69 Å². The first-order chi connectivity index (χ1) is 13.6. The van der Waals surface area contributed by atoms with E-state index in [1.54, 1.807) is 0 Å². The Morgan fingerprint density at radius 1 is 1.07 bits per heavy atom. The summed E-state index contributed by atoms with van der Waals surface area (Å²) < 4.78 is 88.7. The molecule has 0 aliphatic carbocycles. The van der Waals surface area contributed by atoms with Crippen molar-refractivity contribution in [3.8, 4) is 11.5 Å². The van der Waals surface area contributed by atoms with Crippen molar-refractivity contribution >= 4 is 11.4 Å². The first kappa shape index (κ1) is 20.2. The topological polar surface area (TPSA) is 59.7 Å². The Kier molecular flexibility index (Phi) is 5.23. The average Bonchev–Trinajstić information content (AvgIpc) is 3.30. The van der Waals surface area contributed by atoms with Gasteiger partial charge in [-0.25, -0.2) is 4.85 Å². The van der Waals surface area contributed by atoms with Crippen LogP contribution in [0.5, 0.6) is 0 Å². The van der Waals surface area contributed by atoms with Crippen molar-refractivity contribution in [2.24, 2.45) is 0 Å². The van der Waals surface area contributed by atoms with E-state index in [1.807, 2.05) is 0 Å². The second kappa shape index (κ2) is 7.50. The third-order valence-corrected chi connectivity index (χ3v) is 3.70. The van der Waals surface area contributed by atoms with E-state index in [1.165, 1.54) is 18.6 Å². The summed E-state index contributed by atoms with van der Waals surface area (Å²) >= 11 is 0. The molecule has 0 saturated heterocycles. The van der Waals surface area contributed by atoms with Gasteiger partial charge in [0.2, 0.25) is 5.89 Å². The Bertz CT molecular complexity index is 1020. The number of hydrogen-bond acceptors (Lipinski definition) is 5. The van der Waals surface area contributed by atoms with Gasteiger partial charge in [-0.05, 0) is 18.2 Å². The summed E-state index contributed by atoms with van der Waals surface area (Å²) in [6, 6.07) is 3.80. The number of alkyl halides is 6. The number of benzene rings is 1. The molecule has 2 heterocycles. The van der Waals surface area contributed by atoms with Gasteiger partial charge in [0, 0.05) is 5.69 Å². The van der Waals surface area contributed by atoms with Crippen molar-refractivity contribution < 1.29 is 35.2 Å². The van der Waals surface area contributed by atoms with Gasteiger partial charge >= 0.3 is 12.4 Å². The summed E-state index contributed by atoms with van der Waals surface area (Å²) in [5.41, 5.74) is -2.05. The highest BCUT2D eigenvalue weighted by Crippen LogP contribution is 2.39. The van der Waals surface area contributed by atoms with Crippen LogP contribution < -0.4 is 4.90 Å². The molecule has 152 valence electrons. The van der Waals surface area contributed by atoms with Crippen molar-refractivity contribution in [1.82, 2.24) is 10.2 Å². The Balaban J connectivity index is 1.95. The minimum atomic E-state index is -4.90. The van der Waals surface area contributed by atoms with Gasteiger partial charge in [0.1, 0.15) is 12.8 Å². The molecule has 3 rings (SSSR count). The maximum Gasteiger partial charge on any atom is 0.407 e. The molecule has 6 nitrogen and oxygen atoms in total. The molecule has 0 aliphatic heterocycles. The van der Waals surface area contributed by atoms with Gasteiger partial charge < -0.3 is 13.7 Å². The predicted molar refractivity (Wildman–Crippen MR) is 86.8 cm³/mol. The minimum Gasteiger partial charge on any atom is -0.472 e. The zero-order chi connectivity index (χ0) is 21.2. The number of halogens is 6. The van der Waals surface area contributed by atoms with E-state index in [9.17, 15) is 26.3 Å². The van der Waals surface area contributed by atoms with Crippen LogP contribution in [0, 0.1) is 6.57 Å². The number of aromatic nitrogens is 2. The summed E-state index contributed by atoms with van der Waals surface area (Å²) in [5.74, 6) is -0.256. The van der Waals surface area contributed by atoms with Gasteiger partial charge in [-0.15, -0.1) is 10.2 Å². The minimum absolute atomic E-state index is 0.0138. The van der Waals surface area contributed by atoms with Crippen LogP contribution in [0.1, 0.15) is 11.5 Å². The van der Waals surface area contributed by atoms with Crippen molar-refractivity contribution in [2.75, 3.05) is 11.4 Å². The number of furan rings is 1. The van der Waals surface area contributed by atoms with E-state index in [2.05, 4.69) is 15.0 Å². The molecule has 0 N–H and O–H groups in total. The molecule has 0 amide bonds. The summed E-state index contributed by atoms with van der Waals surface area (Å²) in [4.78, 5) is 3.37. The monoisotopic (exact) mass is 416 g/mol. The first-order valence-electron chi connectivity index (χ1n) is 7.82. The van der Waals surface area contributed by atoms with E-state index >= 15 is 0 Å². The molecule has 0 unspecified atom stereocenters. The molecule has 0 saturated carbocycles. The molecule has 3 aromatic rings. The van der Waals surface area contributed by atoms with Crippen molar-refractivity contribution in [3.05, 3.63) is 59.7 Å². The fourth-order valence-corrected chi connectivity index (χ4v) is 2.48. The van der Waals surface area contributed by atoms with E-state index in [0.29, 0.717) is 16.5 Å². The highest BCUT2D eigenvalue weighted by molar-refractivity contribution is 5.62. The van der Waals surface area contributed by atoms with Crippen molar-refractivity contribution in [3.63, 3.8) is 0 Å². The normalized spacial score (nSPS) is 12.0. The van der Waals surface area contributed by atoms with Gasteiger partial charge in [0.05, 0.1) is 30.5 Å². The van der Waals surface area contributed by atoms with Crippen LogP contribution in [0.4, 0.5) is 37.7 Å². The fraction of sp³-hybridized carbons (Fsp3) is 0.235. The van der Waals surface area contributed by atoms with E-state index in [0.717, 1.165) is 12.1 Å². The SMILES string of the molecule is [C-]#[N+]c1ccc(N(Cc2nnc(-c3ccoc3)o2)CC(F)(F)F)cc1C(F)(F)F. The highest BCUT2D eigenvalue weighted by Gasteiger charge is 2.36. The molecule has 2 aromatic heterocycles.